The van der Waals surface area contributed by atoms with Crippen molar-refractivity contribution in [3.8, 4) is 0 Å². The molecule has 0 aliphatic heterocycles. The zero-order valence-corrected chi connectivity index (χ0v) is 8.27. The standard InChI is InChI=1S/C7H14N6O/c1-6(8-2)3-9-7(14)4-13-5-10-11-12-13/h5-6,8H,3-4H2,1-2H3,(H,9,14). The zero-order chi connectivity index (χ0) is 10.4. The Hall–Kier alpha value is -1.50. The molecule has 0 bridgehead atoms. The van der Waals surface area contributed by atoms with E-state index in [1.54, 1.807) is 0 Å². The van der Waals surface area contributed by atoms with E-state index in [1.807, 2.05) is 14.0 Å². The molecule has 0 fully saturated rings. The Balaban J connectivity index is 2.23. The van der Waals surface area contributed by atoms with E-state index < -0.39 is 0 Å². The van der Waals surface area contributed by atoms with E-state index in [0.717, 1.165) is 0 Å². The summed E-state index contributed by atoms with van der Waals surface area (Å²) in [6.07, 6.45) is 1.40. The lowest BCUT2D eigenvalue weighted by Crippen LogP contribution is -2.38. The van der Waals surface area contributed by atoms with Crippen molar-refractivity contribution >= 4 is 5.91 Å². The van der Waals surface area contributed by atoms with Crippen LogP contribution < -0.4 is 10.6 Å². The quantitative estimate of drug-likeness (QED) is 0.595. The van der Waals surface area contributed by atoms with Crippen LogP contribution in [0.1, 0.15) is 6.92 Å². The van der Waals surface area contributed by atoms with Gasteiger partial charge >= 0.3 is 0 Å². The number of amides is 1. The van der Waals surface area contributed by atoms with Gasteiger partial charge in [-0.05, 0) is 24.4 Å². The summed E-state index contributed by atoms with van der Waals surface area (Å²) in [6.45, 7) is 2.73. The molecule has 0 saturated carbocycles. The van der Waals surface area contributed by atoms with Gasteiger partial charge in [-0.2, -0.15) is 0 Å². The van der Waals surface area contributed by atoms with Crippen LogP contribution >= 0.6 is 0 Å². The summed E-state index contributed by atoms with van der Waals surface area (Å²) in [7, 11) is 1.85. The molecule has 7 heteroatoms. The molecule has 0 spiro atoms. The Kier molecular flexibility index (Phi) is 3.99. The molecule has 0 aromatic carbocycles. The van der Waals surface area contributed by atoms with Crippen LogP contribution in [0, 0.1) is 0 Å². The van der Waals surface area contributed by atoms with Gasteiger partial charge in [0.15, 0.2) is 0 Å². The molecular formula is C7H14N6O. The fourth-order valence-corrected chi connectivity index (χ4v) is 0.825. The average Bonchev–Trinajstić information content (AvgIpc) is 2.66. The number of aromatic nitrogens is 4. The van der Waals surface area contributed by atoms with E-state index in [0.29, 0.717) is 6.54 Å². The van der Waals surface area contributed by atoms with E-state index in [9.17, 15) is 4.79 Å². The number of likely N-dealkylation sites (N-methyl/N-ethyl adjacent to an activating group) is 1. The molecular weight excluding hydrogens is 184 g/mol. The summed E-state index contributed by atoms with van der Waals surface area (Å²) in [5, 5.41) is 16.2. The Bertz CT molecular complexity index is 272. The van der Waals surface area contributed by atoms with Crippen LogP contribution in [0.25, 0.3) is 0 Å². The SMILES string of the molecule is CNC(C)CNC(=O)Cn1cnnn1. The highest BCUT2D eigenvalue weighted by molar-refractivity contribution is 5.75. The van der Waals surface area contributed by atoms with Crippen molar-refractivity contribution < 1.29 is 4.79 Å². The Morgan fingerprint density at radius 3 is 3.00 bits per heavy atom. The fraction of sp³-hybridized carbons (Fsp3) is 0.714. The minimum Gasteiger partial charge on any atom is -0.353 e. The second-order valence-corrected chi connectivity index (χ2v) is 3.00. The number of nitrogens with one attached hydrogen (secondary N) is 2. The molecule has 2 N–H and O–H groups in total. The fourth-order valence-electron chi connectivity index (χ4n) is 0.825. The Morgan fingerprint density at radius 1 is 1.64 bits per heavy atom. The smallest absolute Gasteiger partial charge is 0.241 e. The molecule has 1 atom stereocenters. The maximum Gasteiger partial charge on any atom is 0.241 e. The highest BCUT2D eigenvalue weighted by Gasteiger charge is 2.04. The monoisotopic (exact) mass is 198 g/mol. The van der Waals surface area contributed by atoms with Crippen LogP contribution in [0.4, 0.5) is 0 Å². The van der Waals surface area contributed by atoms with E-state index in [2.05, 4.69) is 26.2 Å². The number of carbonyl (C=O) groups is 1. The van der Waals surface area contributed by atoms with Crippen LogP contribution in [-0.2, 0) is 11.3 Å². The molecule has 1 rings (SSSR count). The lowest BCUT2D eigenvalue weighted by Gasteiger charge is -2.10. The summed E-state index contributed by atoms with van der Waals surface area (Å²) in [4.78, 5) is 11.3. The van der Waals surface area contributed by atoms with Gasteiger partial charge in [-0.3, -0.25) is 4.79 Å². The molecule has 0 aliphatic rings. The highest BCUT2D eigenvalue weighted by atomic mass is 16.2. The normalized spacial score (nSPS) is 12.4. The van der Waals surface area contributed by atoms with E-state index >= 15 is 0 Å². The summed E-state index contributed by atoms with van der Waals surface area (Å²) in [5.41, 5.74) is 0. The van der Waals surface area contributed by atoms with E-state index in [-0.39, 0.29) is 18.5 Å². The first-order valence-electron chi connectivity index (χ1n) is 4.37. The van der Waals surface area contributed by atoms with Gasteiger partial charge in [0.2, 0.25) is 5.91 Å². The summed E-state index contributed by atoms with van der Waals surface area (Å²) in [5.74, 6) is -0.0978. The van der Waals surface area contributed by atoms with E-state index in [4.69, 9.17) is 0 Å². The predicted octanol–water partition coefficient (Wildman–Crippen LogP) is -1.60. The highest BCUT2D eigenvalue weighted by Crippen LogP contribution is 1.80. The van der Waals surface area contributed by atoms with E-state index in [1.165, 1.54) is 11.0 Å². The Labute approximate surface area is 81.9 Å². The molecule has 14 heavy (non-hydrogen) atoms. The van der Waals surface area contributed by atoms with Crippen LogP contribution in [-0.4, -0.2) is 45.7 Å². The lowest BCUT2D eigenvalue weighted by molar-refractivity contribution is -0.121. The topological polar surface area (TPSA) is 84.7 Å². The summed E-state index contributed by atoms with van der Waals surface area (Å²) < 4.78 is 1.37. The van der Waals surface area contributed by atoms with Gasteiger partial charge in [0.25, 0.3) is 0 Å². The second-order valence-electron chi connectivity index (χ2n) is 3.00. The lowest BCUT2D eigenvalue weighted by atomic mass is 10.3. The molecule has 1 aromatic heterocycles. The third-order valence-electron chi connectivity index (χ3n) is 1.80. The molecule has 0 radical (unpaired) electrons. The van der Waals surface area contributed by atoms with Crippen molar-refractivity contribution in [2.45, 2.75) is 19.5 Å². The number of hydrogen-bond donors (Lipinski definition) is 2. The first kappa shape index (κ1) is 10.6. The first-order valence-corrected chi connectivity index (χ1v) is 4.37. The van der Waals surface area contributed by atoms with Gasteiger partial charge in [0, 0.05) is 12.6 Å². The van der Waals surface area contributed by atoms with Gasteiger partial charge in [0.05, 0.1) is 0 Å². The molecule has 1 unspecified atom stereocenters. The van der Waals surface area contributed by atoms with Crippen molar-refractivity contribution in [1.29, 1.82) is 0 Å². The van der Waals surface area contributed by atoms with Crippen LogP contribution in [0.5, 0.6) is 0 Å². The minimum atomic E-state index is -0.0978. The maximum absolute atomic E-state index is 11.3. The third kappa shape index (κ3) is 3.48. The molecule has 0 saturated heterocycles. The van der Waals surface area contributed by atoms with Gasteiger partial charge in [-0.15, -0.1) is 5.10 Å². The largest absolute Gasteiger partial charge is 0.353 e. The van der Waals surface area contributed by atoms with Crippen molar-refractivity contribution in [2.75, 3.05) is 13.6 Å². The molecule has 7 nitrogen and oxygen atoms in total. The van der Waals surface area contributed by atoms with Crippen molar-refractivity contribution in [1.82, 2.24) is 30.8 Å². The molecule has 1 amide bonds. The van der Waals surface area contributed by atoms with Crippen molar-refractivity contribution in [2.24, 2.45) is 0 Å². The molecule has 78 valence electrons. The molecule has 1 aromatic rings. The zero-order valence-electron chi connectivity index (χ0n) is 8.27. The molecule has 1 heterocycles. The second kappa shape index (κ2) is 5.28. The van der Waals surface area contributed by atoms with Crippen LogP contribution in [0.2, 0.25) is 0 Å². The van der Waals surface area contributed by atoms with Crippen molar-refractivity contribution in [3.05, 3.63) is 6.33 Å². The predicted molar refractivity (Wildman–Crippen MR) is 49.3 cm³/mol. The first-order chi connectivity index (χ1) is 6.72. The van der Waals surface area contributed by atoms with Crippen LogP contribution in [0.15, 0.2) is 6.33 Å². The third-order valence-corrected chi connectivity index (χ3v) is 1.80. The van der Waals surface area contributed by atoms with Gasteiger partial charge < -0.3 is 10.6 Å². The average molecular weight is 198 g/mol. The Morgan fingerprint density at radius 2 is 2.43 bits per heavy atom. The molecule has 0 aliphatic carbocycles. The van der Waals surface area contributed by atoms with Crippen LogP contribution in [0.3, 0.4) is 0 Å². The minimum absolute atomic E-state index is 0.0978. The number of carbonyl (C=O) groups excluding carboxylic acids is 1. The van der Waals surface area contributed by atoms with Crippen molar-refractivity contribution in [3.63, 3.8) is 0 Å². The summed E-state index contributed by atoms with van der Waals surface area (Å²) >= 11 is 0. The number of hydrogen-bond acceptors (Lipinski definition) is 5. The number of nitrogens with zero attached hydrogens (tertiary/aromatic N) is 4. The van der Waals surface area contributed by atoms with Gasteiger partial charge in [-0.25, -0.2) is 4.68 Å². The maximum atomic E-state index is 11.3. The number of rotatable bonds is 5. The summed E-state index contributed by atoms with van der Waals surface area (Å²) in [6, 6.07) is 0.257. The van der Waals surface area contributed by atoms with Gasteiger partial charge in [-0.1, -0.05) is 0 Å². The van der Waals surface area contributed by atoms with Gasteiger partial charge in [0.1, 0.15) is 12.9 Å². The number of tetrazole rings is 1.